The van der Waals surface area contributed by atoms with Crippen molar-refractivity contribution in [3.05, 3.63) is 77.2 Å². The number of imidazole rings is 1. The normalized spacial score (nSPS) is 11.0. The van der Waals surface area contributed by atoms with E-state index >= 15 is 0 Å². The molecule has 2 heterocycles. The number of pyridine rings is 1. The number of nitrogens with one attached hydrogen (secondary N) is 2. The zero-order valence-corrected chi connectivity index (χ0v) is 15.6. The van der Waals surface area contributed by atoms with Gasteiger partial charge in [0.2, 0.25) is 0 Å². The molecule has 0 fully saturated rings. The molecule has 2 aromatic carbocycles. The predicted octanol–water partition coefficient (Wildman–Crippen LogP) is 4.29. The maximum atomic E-state index is 12.6. The molecule has 0 atom stereocenters. The van der Waals surface area contributed by atoms with Crippen LogP contribution in [0.25, 0.3) is 16.4 Å². The minimum absolute atomic E-state index is 0.151. The summed E-state index contributed by atoms with van der Waals surface area (Å²) in [7, 11) is 0. The Kier molecular flexibility index (Phi) is 4.69. The molecule has 0 spiro atoms. The number of halogens is 1. The molecule has 2 N–H and O–H groups in total. The van der Waals surface area contributed by atoms with Gasteiger partial charge in [-0.1, -0.05) is 48.0 Å². The number of carbonyl (C=O) groups is 1. The summed E-state index contributed by atoms with van der Waals surface area (Å²) in [5.74, 6) is -0.151. The molecule has 0 aliphatic carbocycles. The van der Waals surface area contributed by atoms with Gasteiger partial charge in [0, 0.05) is 41.4 Å². The highest BCUT2D eigenvalue weighted by Gasteiger charge is 2.16. The highest BCUT2D eigenvalue weighted by molar-refractivity contribution is 6.30. The highest BCUT2D eigenvalue weighted by atomic mass is 35.5. The third-order valence-electron chi connectivity index (χ3n) is 4.49. The maximum absolute atomic E-state index is 12.6. The second-order valence-corrected chi connectivity index (χ2v) is 6.76. The standard InChI is InChI=1S/C21H19ClN4O/c1-14-20(26-12-9-16(22)13-19(26)25-14)21(27)24-11-10-23-18-8-4-6-15-5-2-3-7-17(15)18/h2-9,12-13,23H,10-11H2,1H3,(H,24,27). The van der Waals surface area contributed by atoms with Crippen LogP contribution in [-0.4, -0.2) is 28.4 Å². The van der Waals surface area contributed by atoms with Crippen molar-refractivity contribution in [3.63, 3.8) is 0 Å². The lowest BCUT2D eigenvalue weighted by Crippen LogP contribution is -2.30. The van der Waals surface area contributed by atoms with Crippen molar-refractivity contribution in [2.75, 3.05) is 18.4 Å². The molecule has 2 aromatic heterocycles. The van der Waals surface area contributed by atoms with E-state index in [4.69, 9.17) is 11.6 Å². The minimum atomic E-state index is -0.151. The fraction of sp³-hybridized carbons (Fsp3) is 0.143. The lowest BCUT2D eigenvalue weighted by Gasteiger charge is -2.11. The van der Waals surface area contributed by atoms with Crippen LogP contribution in [0.1, 0.15) is 16.2 Å². The van der Waals surface area contributed by atoms with Crippen LogP contribution >= 0.6 is 11.6 Å². The molecule has 136 valence electrons. The smallest absolute Gasteiger partial charge is 0.270 e. The lowest BCUT2D eigenvalue weighted by molar-refractivity contribution is 0.0948. The van der Waals surface area contributed by atoms with Crippen LogP contribution < -0.4 is 10.6 Å². The Hall–Kier alpha value is -3.05. The number of nitrogens with zero attached hydrogens (tertiary/aromatic N) is 2. The van der Waals surface area contributed by atoms with Crippen LogP contribution in [0, 0.1) is 6.92 Å². The van der Waals surface area contributed by atoms with E-state index < -0.39 is 0 Å². The van der Waals surface area contributed by atoms with E-state index in [-0.39, 0.29) is 5.91 Å². The van der Waals surface area contributed by atoms with Crippen LogP contribution in [0.2, 0.25) is 5.02 Å². The van der Waals surface area contributed by atoms with Gasteiger partial charge in [-0.3, -0.25) is 9.20 Å². The monoisotopic (exact) mass is 378 g/mol. The van der Waals surface area contributed by atoms with E-state index in [1.165, 1.54) is 10.8 Å². The molecule has 0 aliphatic rings. The zero-order valence-electron chi connectivity index (χ0n) is 14.9. The van der Waals surface area contributed by atoms with Crippen LogP contribution in [0.3, 0.4) is 0 Å². The van der Waals surface area contributed by atoms with E-state index in [0.717, 1.165) is 5.69 Å². The first-order valence-corrected chi connectivity index (χ1v) is 9.15. The predicted molar refractivity (Wildman–Crippen MR) is 110 cm³/mol. The van der Waals surface area contributed by atoms with Gasteiger partial charge in [-0.2, -0.15) is 0 Å². The number of hydrogen-bond acceptors (Lipinski definition) is 3. The summed E-state index contributed by atoms with van der Waals surface area (Å²) >= 11 is 6.00. The van der Waals surface area contributed by atoms with E-state index in [9.17, 15) is 4.79 Å². The Morgan fingerprint density at radius 2 is 1.93 bits per heavy atom. The molecule has 0 radical (unpaired) electrons. The largest absolute Gasteiger partial charge is 0.383 e. The van der Waals surface area contributed by atoms with Crippen LogP contribution in [-0.2, 0) is 0 Å². The number of amides is 1. The first kappa shape index (κ1) is 17.4. The van der Waals surface area contributed by atoms with Crippen molar-refractivity contribution in [2.24, 2.45) is 0 Å². The van der Waals surface area contributed by atoms with Crippen LogP contribution in [0.4, 0.5) is 5.69 Å². The third kappa shape index (κ3) is 3.46. The summed E-state index contributed by atoms with van der Waals surface area (Å²) in [5.41, 5.74) is 2.94. The molecule has 0 saturated carbocycles. The number of fused-ring (bicyclic) bond motifs is 2. The van der Waals surface area contributed by atoms with Gasteiger partial charge in [-0.15, -0.1) is 0 Å². The molecule has 6 heteroatoms. The number of aromatic nitrogens is 2. The Labute approximate surface area is 162 Å². The quantitative estimate of drug-likeness (QED) is 0.509. The van der Waals surface area contributed by atoms with E-state index in [0.29, 0.717) is 35.1 Å². The van der Waals surface area contributed by atoms with Crippen molar-refractivity contribution >= 4 is 39.6 Å². The second-order valence-electron chi connectivity index (χ2n) is 6.33. The summed E-state index contributed by atoms with van der Waals surface area (Å²) in [4.78, 5) is 17.0. The van der Waals surface area contributed by atoms with E-state index in [1.807, 2.05) is 31.2 Å². The molecular formula is C21H19ClN4O. The lowest BCUT2D eigenvalue weighted by atomic mass is 10.1. The topological polar surface area (TPSA) is 58.4 Å². The van der Waals surface area contributed by atoms with Crippen molar-refractivity contribution < 1.29 is 4.79 Å². The minimum Gasteiger partial charge on any atom is -0.383 e. The molecule has 0 saturated heterocycles. The summed E-state index contributed by atoms with van der Waals surface area (Å²) in [6.45, 7) is 2.95. The number of aryl methyl sites for hydroxylation is 1. The number of rotatable bonds is 5. The van der Waals surface area contributed by atoms with E-state index in [2.05, 4.69) is 33.8 Å². The van der Waals surface area contributed by atoms with Crippen molar-refractivity contribution in [1.82, 2.24) is 14.7 Å². The Morgan fingerprint density at radius 1 is 1.11 bits per heavy atom. The summed E-state index contributed by atoms with van der Waals surface area (Å²) < 4.78 is 1.76. The molecule has 5 nitrogen and oxygen atoms in total. The van der Waals surface area contributed by atoms with Gasteiger partial charge < -0.3 is 10.6 Å². The van der Waals surface area contributed by atoms with Crippen molar-refractivity contribution in [1.29, 1.82) is 0 Å². The Balaban J connectivity index is 1.42. The molecular weight excluding hydrogens is 360 g/mol. The fourth-order valence-electron chi connectivity index (χ4n) is 3.25. The molecule has 0 unspecified atom stereocenters. The first-order chi connectivity index (χ1) is 13.1. The van der Waals surface area contributed by atoms with Crippen LogP contribution in [0.15, 0.2) is 60.8 Å². The summed E-state index contributed by atoms with van der Waals surface area (Å²) in [6.07, 6.45) is 1.76. The summed E-state index contributed by atoms with van der Waals surface area (Å²) in [6, 6.07) is 17.9. The van der Waals surface area contributed by atoms with Gasteiger partial charge in [0.15, 0.2) is 0 Å². The highest BCUT2D eigenvalue weighted by Crippen LogP contribution is 2.22. The number of benzene rings is 2. The van der Waals surface area contributed by atoms with Gasteiger partial charge in [0.25, 0.3) is 5.91 Å². The fourth-order valence-corrected chi connectivity index (χ4v) is 3.40. The molecule has 1 amide bonds. The number of anilines is 1. The average Bonchev–Trinajstić information content (AvgIpc) is 3.00. The molecule has 0 bridgehead atoms. The molecule has 4 aromatic rings. The van der Waals surface area contributed by atoms with Crippen LogP contribution in [0.5, 0.6) is 0 Å². The van der Waals surface area contributed by atoms with Gasteiger partial charge in [-0.05, 0) is 24.4 Å². The van der Waals surface area contributed by atoms with Gasteiger partial charge in [0.05, 0.1) is 5.69 Å². The van der Waals surface area contributed by atoms with Crippen molar-refractivity contribution in [2.45, 2.75) is 6.92 Å². The van der Waals surface area contributed by atoms with E-state index in [1.54, 1.807) is 22.7 Å². The second kappa shape index (κ2) is 7.29. The van der Waals surface area contributed by atoms with Crippen molar-refractivity contribution in [3.8, 4) is 0 Å². The molecule has 4 rings (SSSR count). The van der Waals surface area contributed by atoms with Gasteiger partial charge >= 0.3 is 0 Å². The molecule has 0 aliphatic heterocycles. The summed E-state index contributed by atoms with van der Waals surface area (Å²) in [5, 5.41) is 9.30. The number of hydrogen-bond donors (Lipinski definition) is 2. The van der Waals surface area contributed by atoms with Gasteiger partial charge in [-0.25, -0.2) is 4.98 Å². The zero-order chi connectivity index (χ0) is 18.8. The average molecular weight is 379 g/mol. The molecule has 27 heavy (non-hydrogen) atoms. The Bertz CT molecular complexity index is 1130. The Morgan fingerprint density at radius 3 is 2.81 bits per heavy atom. The third-order valence-corrected chi connectivity index (χ3v) is 4.73. The SMILES string of the molecule is Cc1nc2cc(Cl)ccn2c1C(=O)NCCNc1cccc2ccccc12. The number of carbonyl (C=O) groups excluding carboxylic acids is 1. The first-order valence-electron chi connectivity index (χ1n) is 8.77. The van der Waals surface area contributed by atoms with Gasteiger partial charge in [0.1, 0.15) is 11.3 Å². The maximum Gasteiger partial charge on any atom is 0.270 e.